The van der Waals surface area contributed by atoms with E-state index in [-0.39, 0.29) is 11.9 Å². The van der Waals surface area contributed by atoms with Gasteiger partial charge in [0.15, 0.2) is 0 Å². The van der Waals surface area contributed by atoms with Gasteiger partial charge in [0.05, 0.1) is 18.1 Å². The monoisotopic (exact) mass is 483 g/mol. The molecule has 0 saturated carbocycles. The maximum Gasteiger partial charge on any atom is 0.137 e. The molecular formula is C14H13Br3FNS. The van der Waals surface area contributed by atoms with Crippen molar-refractivity contribution in [3.05, 3.63) is 53.3 Å². The van der Waals surface area contributed by atoms with Crippen LogP contribution < -0.4 is 5.32 Å². The first-order chi connectivity index (χ1) is 9.52. The molecule has 0 saturated heterocycles. The summed E-state index contributed by atoms with van der Waals surface area (Å²) < 4.78 is 16.1. The number of hydrogen-bond acceptors (Lipinski definition) is 2. The van der Waals surface area contributed by atoms with E-state index in [1.54, 1.807) is 11.3 Å². The third-order valence-corrected chi connectivity index (χ3v) is 5.86. The molecule has 1 atom stereocenters. The molecule has 1 aromatic heterocycles. The zero-order valence-electron chi connectivity index (χ0n) is 10.7. The molecule has 0 amide bonds. The molecule has 6 heteroatoms. The third kappa shape index (κ3) is 3.91. The van der Waals surface area contributed by atoms with Crippen molar-refractivity contribution < 1.29 is 4.39 Å². The lowest BCUT2D eigenvalue weighted by molar-refractivity contribution is 0.591. The minimum Gasteiger partial charge on any atom is -0.306 e. The molecule has 0 spiro atoms. The largest absolute Gasteiger partial charge is 0.306 e. The smallest absolute Gasteiger partial charge is 0.137 e. The van der Waals surface area contributed by atoms with E-state index in [4.69, 9.17) is 0 Å². The standard InChI is InChI=1S/C14H13Br3FNS/c1-2-5-19-13(9-7-12(16)20-14(9)17)8-3-4-11(18)10(15)6-8/h3-4,6-7,13,19H,2,5H2,1H3. The van der Waals surface area contributed by atoms with Crippen molar-refractivity contribution in [1.82, 2.24) is 5.32 Å². The number of thiophene rings is 1. The fourth-order valence-electron chi connectivity index (χ4n) is 1.94. The summed E-state index contributed by atoms with van der Waals surface area (Å²) in [4.78, 5) is 0. The van der Waals surface area contributed by atoms with Crippen LogP contribution in [0.4, 0.5) is 4.39 Å². The second kappa shape index (κ2) is 7.49. The number of hydrogen-bond donors (Lipinski definition) is 1. The van der Waals surface area contributed by atoms with Gasteiger partial charge in [-0.1, -0.05) is 13.0 Å². The van der Waals surface area contributed by atoms with E-state index in [0.29, 0.717) is 4.47 Å². The molecule has 0 aliphatic carbocycles. The van der Waals surface area contributed by atoms with Gasteiger partial charge in [-0.15, -0.1) is 11.3 Å². The fourth-order valence-corrected chi connectivity index (χ4v) is 5.24. The van der Waals surface area contributed by atoms with Crippen LogP contribution in [-0.2, 0) is 0 Å². The third-order valence-electron chi connectivity index (χ3n) is 2.87. The van der Waals surface area contributed by atoms with E-state index < -0.39 is 0 Å². The van der Waals surface area contributed by atoms with Gasteiger partial charge in [-0.2, -0.15) is 0 Å². The average Bonchev–Trinajstić information content (AvgIpc) is 2.73. The maximum absolute atomic E-state index is 13.4. The summed E-state index contributed by atoms with van der Waals surface area (Å²) in [5.74, 6) is -0.242. The quantitative estimate of drug-likeness (QED) is 0.526. The second-order valence-electron chi connectivity index (χ2n) is 4.34. The number of rotatable bonds is 5. The lowest BCUT2D eigenvalue weighted by Gasteiger charge is -2.19. The van der Waals surface area contributed by atoms with Crippen LogP contribution in [0.3, 0.4) is 0 Å². The summed E-state index contributed by atoms with van der Waals surface area (Å²) in [6.45, 7) is 3.03. The first-order valence-corrected chi connectivity index (χ1v) is 9.35. The summed E-state index contributed by atoms with van der Waals surface area (Å²) in [6.07, 6.45) is 1.04. The van der Waals surface area contributed by atoms with Gasteiger partial charge in [-0.3, -0.25) is 0 Å². The van der Waals surface area contributed by atoms with Crippen LogP contribution in [0.15, 0.2) is 36.3 Å². The number of halogens is 4. The first kappa shape index (κ1) is 16.6. The summed E-state index contributed by atoms with van der Waals surface area (Å²) in [7, 11) is 0. The predicted octanol–water partition coefficient (Wildman–Crippen LogP) is 6.26. The Bertz CT molecular complexity index is 600. The van der Waals surface area contributed by atoms with Crippen molar-refractivity contribution in [3.8, 4) is 0 Å². The van der Waals surface area contributed by atoms with Crippen LogP contribution in [0.5, 0.6) is 0 Å². The molecule has 0 aliphatic heterocycles. The van der Waals surface area contributed by atoms with Crippen molar-refractivity contribution >= 4 is 59.1 Å². The van der Waals surface area contributed by atoms with E-state index >= 15 is 0 Å². The Hall–Kier alpha value is 0.250. The molecule has 0 bridgehead atoms. The Morgan fingerprint density at radius 1 is 1.25 bits per heavy atom. The van der Waals surface area contributed by atoms with Crippen LogP contribution in [0, 0.1) is 5.82 Å². The number of benzene rings is 1. The number of nitrogens with one attached hydrogen (secondary N) is 1. The van der Waals surface area contributed by atoms with Gasteiger partial charge in [0.1, 0.15) is 5.82 Å². The first-order valence-electron chi connectivity index (χ1n) is 6.16. The predicted molar refractivity (Wildman–Crippen MR) is 94.0 cm³/mol. The molecule has 108 valence electrons. The SMILES string of the molecule is CCCNC(c1ccc(F)c(Br)c1)c1cc(Br)sc1Br. The van der Waals surface area contributed by atoms with Crippen LogP contribution in [0.1, 0.15) is 30.5 Å². The maximum atomic E-state index is 13.4. The average molecular weight is 486 g/mol. The minimum absolute atomic E-state index is 0.0452. The normalized spacial score (nSPS) is 12.7. The summed E-state index contributed by atoms with van der Waals surface area (Å²) >= 11 is 12.0. The Morgan fingerprint density at radius 3 is 2.55 bits per heavy atom. The van der Waals surface area contributed by atoms with Gasteiger partial charge in [0, 0.05) is 0 Å². The molecule has 0 aliphatic rings. The van der Waals surface area contributed by atoms with Gasteiger partial charge in [-0.25, -0.2) is 4.39 Å². The van der Waals surface area contributed by atoms with E-state index in [1.807, 2.05) is 12.1 Å². The fraction of sp³-hybridized carbons (Fsp3) is 0.286. The van der Waals surface area contributed by atoms with Gasteiger partial charge >= 0.3 is 0 Å². The van der Waals surface area contributed by atoms with Crippen molar-refractivity contribution in [3.63, 3.8) is 0 Å². The Morgan fingerprint density at radius 2 is 2.00 bits per heavy atom. The highest BCUT2D eigenvalue weighted by molar-refractivity contribution is 9.12. The van der Waals surface area contributed by atoms with Crippen LogP contribution >= 0.6 is 59.1 Å². The van der Waals surface area contributed by atoms with E-state index in [9.17, 15) is 4.39 Å². The lowest BCUT2D eigenvalue weighted by atomic mass is 10.0. The second-order valence-corrected chi connectivity index (χ2v) is 8.94. The van der Waals surface area contributed by atoms with Crippen molar-refractivity contribution in [2.24, 2.45) is 0 Å². The highest BCUT2D eigenvalue weighted by atomic mass is 79.9. The van der Waals surface area contributed by atoms with Gasteiger partial charge in [-0.05, 0) is 90.1 Å². The summed E-state index contributed by atoms with van der Waals surface area (Å²) in [6, 6.07) is 7.30. The van der Waals surface area contributed by atoms with Crippen molar-refractivity contribution in [2.45, 2.75) is 19.4 Å². The highest BCUT2D eigenvalue weighted by Gasteiger charge is 2.19. The molecule has 1 aromatic carbocycles. The molecule has 0 radical (unpaired) electrons. The molecule has 1 heterocycles. The zero-order chi connectivity index (χ0) is 14.7. The lowest BCUT2D eigenvalue weighted by Crippen LogP contribution is -2.23. The Kier molecular flexibility index (Phi) is 6.23. The van der Waals surface area contributed by atoms with Gasteiger partial charge < -0.3 is 5.32 Å². The van der Waals surface area contributed by atoms with Crippen LogP contribution in [-0.4, -0.2) is 6.54 Å². The molecule has 1 N–H and O–H groups in total. The molecule has 20 heavy (non-hydrogen) atoms. The molecule has 2 aromatic rings. The van der Waals surface area contributed by atoms with E-state index in [2.05, 4.69) is 66.1 Å². The van der Waals surface area contributed by atoms with Crippen LogP contribution in [0.2, 0.25) is 0 Å². The van der Waals surface area contributed by atoms with Crippen molar-refractivity contribution in [1.29, 1.82) is 0 Å². The Balaban J connectivity index is 2.41. The molecule has 2 rings (SSSR count). The topological polar surface area (TPSA) is 12.0 Å². The van der Waals surface area contributed by atoms with E-state index in [0.717, 1.165) is 31.7 Å². The molecule has 0 fully saturated rings. The summed E-state index contributed by atoms with van der Waals surface area (Å²) in [5, 5.41) is 3.52. The zero-order valence-corrected chi connectivity index (χ0v) is 16.3. The highest BCUT2D eigenvalue weighted by Crippen LogP contribution is 2.38. The van der Waals surface area contributed by atoms with Crippen LogP contribution in [0.25, 0.3) is 0 Å². The van der Waals surface area contributed by atoms with Gasteiger partial charge in [0.2, 0.25) is 0 Å². The van der Waals surface area contributed by atoms with Crippen molar-refractivity contribution in [2.75, 3.05) is 6.54 Å². The molecule has 1 nitrogen and oxygen atoms in total. The minimum atomic E-state index is -0.242. The van der Waals surface area contributed by atoms with Gasteiger partial charge in [0.25, 0.3) is 0 Å². The Labute approximate surface area is 147 Å². The molecular weight excluding hydrogens is 473 g/mol. The summed E-state index contributed by atoms with van der Waals surface area (Å²) in [5.41, 5.74) is 2.20. The van der Waals surface area contributed by atoms with E-state index in [1.165, 1.54) is 6.07 Å². The molecule has 1 unspecified atom stereocenters.